The van der Waals surface area contributed by atoms with Gasteiger partial charge in [0.2, 0.25) is 0 Å². The zero-order chi connectivity index (χ0) is 10.5. The van der Waals surface area contributed by atoms with Crippen molar-refractivity contribution in [1.29, 1.82) is 0 Å². The molecule has 0 radical (unpaired) electrons. The monoisotopic (exact) mass is 202 g/mol. The smallest absolute Gasteiger partial charge is 0.114 e. The van der Waals surface area contributed by atoms with Crippen LogP contribution in [0.5, 0.6) is 0 Å². The number of unbranched alkanes of at least 4 members (excludes halogenated alkanes) is 1. The fourth-order valence-electron chi connectivity index (χ4n) is 1.35. The molecule has 4 nitrogen and oxygen atoms in total. The van der Waals surface area contributed by atoms with E-state index >= 15 is 0 Å². The molecule has 0 saturated heterocycles. The molecule has 0 amide bonds. The van der Waals surface area contributed by atoms with Gasteiger partial charge in [0.05, 0.1) is 12.7 Å². The van der Waals surface area contributed by atoms with Crippen LogP contribution in [-0.4, -0.2) is 20.0 Å². The SMILES string of the molecule is CCCCn1ncc(-c2cccnc2)n1. The molecule has 0 aliphatic rings. The average Bonchev–Trinajstić information content (AvgIpc) is 2.76. The molecule has 0 atom stereocenters. The third-order valence-electron chi connectivity index (χ3n) is 2.21. The highest BCUT2D eigenvalue weighted by atomic mass is 15.5. The summed E-state index contributed by atoms with van der Waals surface area (Å²) in [5, 5.41) is 8.59. The van der Waals surface area contributed by atoms with Crippen LogP contribution >= 0.6 is 0 Å². The number of hydrogen-bond donors (Lipinski definition) is 0. The zero-order valence-corrected chi connectivity index (χ0v) is 8.80. The van der Waals surface area contributed by atoms with Crippen LogP contribution < -0.4 is 0 Å². The molecule has 0 saturated carbocycles. The van der Waals surface area contributed by atoms with Gasteiger partial charge in [0, 0.05) is 18.0 Å². The van der Waals surface area contributed by atoms with Gasteiger partial charge in [0.1, 0.15) is 5.69 Å². The molecule has 15 heavy (non-hydrogen) atoms. The van der Waals surface area contributed by atoms with E-state index in [2.05, 4.69) is 22.1 Å². The van der Waals surface area contributed by atoms with Gasteiger partial charge in [-0.2, -0.15) is 15.0 Å². The standard InChI is InChI=1S/C11H14N4/c1-2-3-7-15-13-9-11(14-15)10-5-4-6-12-8-10/h4-6,8-9H,2-3,7H2,1H3. The van der Waals surface area contributed by atoms with Crippen LogP contribution in [-0.2, 0) is 6.54 Å². The van der Waals surface area contributed by atoms with Crippen molar-refractivity contribution in [1.82, 2.24) is 20.0 Å². The highest BCUT2D eigenvalue weighted by Crippen LogP contribution is 2.13. The molecule has 78 valence electrons. The van der Waals surface area contributed by atoms with Crippen LogP contribution in [0.4, 0.5) is 0 Å². The van der Waals surface area contributed by atoms with Crippen molar-refractivity contribution in [2.75, 3.05) is 0 Å². The molecule has 0 aliphatic heterocycles. The van der Waals surface area contributed by atoms with Gasteiger partial charge in [-0.25, -0.2) is 0 Å². The summed E-state index contributed by atoms with van der Waals surface area (Å²) in [4.78, 5) is 5.80. The van der Waals surface area contributed by atoms with Gasteiger partial charge in [-0.1, -0.05) is 13.3 Å². The van der Waals surface area contributed by atoms with E-state index in [1.165, 1.54) is 0 Å². The van der Waals surface area contributed by atoms with E-state index in [1.807, 2.05) is 12.1 Å². The van der Waals surface area contributed by atoms with Crippen LogP contribution in [0.2, 0.25) is 0 Å². The van der Waals surface area contributed by atoms with Crippen molar-refractivity contribution in [3.8, 4) is 11.3 Å². The summed E-state index contributed by atoms with van der Waals surface area (Å²) in [6.07, 6.45) is 7.61. The molecule has 2 rings (SSSR count). The summed E-state index contributed by atoms with van der Waals surface area (Å²) in [5.74, 6) is 0. The minimum atomic E-state index is 0.886. The topological polar surface area (TPSA) is 43.6 Å². The Morgan fingerprint density at radius 1 is 1.33 bits per heavy atom. The summed E-state index contributed by atoms with van der Waals surface area (Å²) in [5.41, 5.74) is 1.90. The Bertz CT molecular complexity index is 408. The van der Waals surface area contributed by atoms with E-state index in [4.69, 9.17) is 0 Å². The van der Waals surface area contributed by atoms with Crippen molar-refractivity contribution in [3.63, 3.8) is 0 Å². The molecule has 0 aromatic carbocycles. The van der Waals surface area contributed by atoms with Crippen molar-refractivity contribution in [2.45, 2.75) is 26.3 Å². The number of pyridine rings is 1. The zero-order valence-electron chi connectivity index (χ0n) is 8.80. The van der Waals surface area contributed by atoms with Crippen LogP contribution in [0, 0.1) is 0 Å². The Morgan fingerprint density at radius 2 is 2.27 bits per heavy atom. The Hall–Kier alpha value is -1.71. The molecule has 2 aromatic heterocycles. The Morgan fingerprint density at radius 3 is 3.00 bits per heavy atom. The number of rotatable bonds is 4. The average molecular weight is 202 g/mol. The molecule has 4 heteroatoms. The first-order chi connectivity index (χ1) is 7.40. The van der Waals surface area contributed by atoms with Crippen molar-refractivity contribution < 1.29 is 0 Å². The molecule has 0 aliphatic carbocycles. The number of hydrogen-bond acceptors (Lipinski definition) is 3. The molecule has 0 bridgehead atoms. The highest BCUT2D eigenvalue weighted by Gasteiger charge is 2.02. The van der Waals surface area contributed by atoms with E-state index in [-0.39, 0.29) is 0 Å². The molecule has 2 heterocycles. The minimum Gasteiger partial charge on any atom is -0.264 e. The largest absolute Gasteiger partial charge is 0.264 e. The fraction of sp³-hybridized carbons (Fsp3) is 0.364. The quantitative estimate of drug-likeness (QED) is 0.763. The molecule has 0 N–H and O–H groups in total. The third kappa shape index (κ3) is 2.40. The second-order valence-electron chi connectivity index (χ2n) is 3.42. The lowest BCUT2D eigenvalue weighted by Crippen LogP contribution is -2.01. The summed E-state index contributed by atoms with van der Waals surface area (Å²) in [7, 11) is 0. The maximum absolute atomic E-state index is 4.38. The van der Waals surface area contributed by atoms with Crippen LogP contribution in [0.1, 0.15) is 19.8 Å². The Labute approximate surface area is 89.0 Å². The third-order valence-corrected chi connectivity index (χ3v) is 2.21. The lowest BCUT2D eigenvalue weighted by atomic mass is 10.2. The summed E-state index contributed by atoms with van der Waals surface area (Å²) < 4.78 is 0. The molecule has 0 unspecified atom stereocenters. The van der Waals surface area contributed by atoms with Crippen molar-refractivity contribution >= 4 is 0 Å². The predicted molar refractivity (Wildman–Crippen MR) is 58.2 cm³/mol. The maximum Gasteiger partial charge on any atom is 0.114 e. The van der Waals surface area contributed by atoms with E-state index in [0.29, 0.717) is 0 Å². The Kier molecular flexibility index (Phi) is 3.07. The molecular weight excluding hydrogens is 188 g/mol. The van der Waals surface area contributed by atoms with Gasteiger partial charge in [-0.15, -0.1) is 0 Å². The van der Waals surface area contributed by atoms with Crippen molar-refractivity contribution in [2.24, 2.45) is 0 Å². The summed E-state index contributed by atoms with van der Waals surface area (Å²) >= 11 is 0. The summed E-state index contributed by atoms with van der Waals surface area (Å²) in [6, 6.07) is 3.89. The second-order valence-corrected chi connectivity index (χ2v) is 3.42. The highest BCUT2D eigenvalue weighted by molar-refractivity contribution is 5.55. The lowest BCUT2D eigenvalue weighted by molar-refractivity contribution is 0.509. The second kappa shape index (κ2) is 4.68. The van der Waals surface area contributed by atoms with Gasteiger partial charge in [0.25, 0.3) is 0 Å². The minimum absolute atomic E-state index is 0.886. The Balaban J connectivity index is 2.14. The van der Waals surface area contributed by atoms with Crippen molar-refractivity contribution in [3.05, 3.63) is 30.7 Å². The van der Waals surface area contributed by atoms with Gasteiger partial charge in [-0.05, 0) is 18.6 Å². The van der Waals surface area contributed by atoms with E-state index in [0.717, 1.165) is 30.6 Å². The first-order valence-electron chi connectivity index (χ1n) is 5.20. The van der Waals surface area contributed by atoms with E-state index in [9.17, 15) is 0 Å². The first-order valence-corrected chi connectivity index (χ1v) is 5.20. The van der Waals surface area contributed by atoms with Crippen LogP contribution in [0.15, 0.2) is 30.7 Å². The lowest BCUT2D eigenvalue weighted by Gasteiger charge is -1.96. The van der Waals surface area contributed by atoms with Gasteiger partial charge < -0.3 is 0 Å². The van der Waals surface area contributed by atoms with Gasteiger partial charge >= 0.3 is 0 Å². The number of aryl methyl sites for hydroxylation is 1. The first kappa shape index (κ1) is 9.83. The molecular formula is C11H14N4. The fourth-order valence-corrected chi connectivity index (χ4v) is 1.35. The molecule has 2 aromatic rings. The van der Waals surface area contributed by atoms with E-state index < -0.39 is 0 Å². The molecule has 0 fully saturated rings. The van der Waals surface area contributed by atoms with Crippen LogP contribution in [0.25, 0.3) is 11.3 Å². The van der Waals surface area contributed by atoms with Gasteiger partial charge in [-0.3, -0.25) is 4.98 Å². The molecule has 0 spiro atoms. The number of nitrogens with zero attached hydrogens (tertiary/aromatic N) is 4. The maximum atomic E-state index is 4.38. The number of aromatic nitrogens is 4. The summed E-state index contributed by atoms with van der Waals surface area (Å²) in [6.45, 7) is 3.04. The van der Waals surface area contributed by atoms with E-state index in [1.54, 1.807) is 23.4 Å². The predicted octanol–water partition coefficient (Wildman–Crippen LogP) is 2.14. The van der Waals surface area contributed by atoms with Crippen LogP contribution in [0.3, 0.4) is 0 Å². The van der Waals surface area contributed by atoms with Gasteiger partial charge in [0.15, 0.2) is 0 Å². The normalized spacial score (nSPS) is 10.5.